The third-order valence-corrected chi connectivity index (χ3v) is 3.04. The van der Waals surface area contributed by atoms with Crippen molar-refractivity contribution in [3.05, 3.63) is 35.9 Å². The first kappa shape index (κ1) is 15.7. The van der Waals surface area contributed by atoms with Crippen molar-refractivity contribution in [1.82, 2.24) is 4.90 Å². The van der Waals surface area contributed by atoms with Gasteiger partial charge in [-0.1, -0.05) is 30.3 Å². The Hall–Kier alpha value is -1.39. The van der Waals surface area contributed by atoms with Crippen molar-refractivity contribution < 1.29 is 14.6 Å². The standard InChI is InChI=1S/C15H23NO3/c1-19-13-12-16(10-5-8-15(17)18)11-9-14-6-3-2-4-7-14/h2-4,6-7H,5,8-13H2,1H3,(H,17,18). The van der Waals surface area contributed by atoms with Gasteiger partial charge in [-0.2, -0.15) is 0 Å². The molecule has 0 heterocycles. The van der Waals surface area contributed by atoms with Gasteiger partial charge in [0.15, 0.2) is 0 Å². The monoisotopic (exact) mass is 265 g/mol. The second kappa shape index (κ2) is 9.53. The number of carbonyl (C=O) groups is 1. The van der Waals surface area contributed by atoms with E-state index in [2.05, 4.69) is 17.0 Å². The summed E-state index contributed by atoms with van der Waals surface area (Å²) in [7, 11) is 1.69. The molecule has 1 N–H and O–H groups in total. The van der Waals surface area contributed by atoms with Gasteiger partial charge >= 0.3 is 5.97 Å². The van der Waals surface area contributed by atoms with E-state index < -0.39 is 5.97 Å². The van der Waals surface area contributed by atoms with Crippen LogP contribution in [0.4, 0.5) is 0 Å². The lowest BCUT2D eigenvalue weighted by Crippen LogP contribution is -2.31. The summed E-state index contributed by atoms with van der Waals surface area (Å²) in [6.45, 7) is 3.28. The first-order valence-electron chi connectivity index (χ1n) is 6.69. The molecule has 0 unspecified atom stereocenters. The van der Waals surface area contributed by atoms with E-state index in [9.17, 15) is 4.79 Å². The van der Waals surface area contributed by atoms with Gasteiger partial charge in [0.05, 0.1) is 6.61 Å². The van der Waals surface area contributed by atoms with Crippen LogP contribution < -0.4 is 0 Å². The molecule has 19 heavy (non-hydrogen) atoms. The van der Waals surface area contributed by atoms with E-state index in [0.29, 0.717) is 13.0 Å². The highest BCUT2D eigenvalue weighted by Crippen LogP contribution is 2.03. The average molecular weight is 265 g/mol. The normalized spacial score (nSPS) is 10.8. The summed E-state index contributed by atoms with van der Waals surface area (Å²) in [4.78, 5) is 12.8. The molecule has 0 fully saturated rings. The van der Waals surface area contributed by atoms with E-state index >= 15 is 0 Å². The largest absolute Gasteiger partial charge is 0.481 e. The molecule has 106 valence electrons. The van der Waals surface area contributed by atoms with Crippen LogP contribution in [-0.2, 0) is 16.0 Å². The number of hydrogen-bond acceptors (Lipinski definition) is 3. The molecular formula is C15H23NO3. The third-order valence-electron chi connectivity index (χ3n) is 3.04. The molecule has 0 radical (unpaired) electrons. The Morgan fingerprint density at radius 1 is 1.21 bits per heavy atom. The maximum Gasteiger partial charge on any atom is 0.303 e. The van der Waals surface area contributed by atoms with Gasteiger partial charge in [0.25, 0.3) is 0 Å². The lowest BCUT2D eigenvalue weighted by molar-refractivity contribution is -0.137. The van der Waals surface area contributed by atoms with Gasteiger partial charge in [0.1, 0.15) is 0 Å². The Morgan fingerprint density at radius 3 is 2.58 bits per heavy atom. The molecule has 0 saturated carbocycles. The first-order valence-corrected chi connectivity index (χ1v) is 6.69. The van der Waals surface area contributed by atoms with Crippen LogP contribution in [0.3, 0.4) is 0 Å². The number of carboxylic acids is 1. The second-order valence-corrected chi connectivity index (χ2v) is 4.57. The van der Waals surface area contributed by atoms with Gasteiger partial charge < -0.3 is 14.7 Å². The Morgan fingerprint density at radius 2 is 1.95 bits per heavy atom. The average Bonchev–Trinajstić information content (AvgIpc) is 2.42. The first-order chi connectivity index (χ1) is 9.22. The van der Waals surface area contributed by atoms with Gasteiger partial charge in [-0.15, -0.1) is 0 Å². The fourth-order valence-electron chi connectivity index (χ4n) is 1.94. The van der Waals surface area contributed by atoms with Crippen molar-refractivity contribution in [2.75, 3.05) is 33.4 Å². The van der Waals surface area contributed by atoms with Crippen LogP contribution in [0.15, 0.2) is 30.3 Å². The zero-order chi connectivity index (χ0) is 13.9. The molecule has 0 spiro atoms. The molecule has 1 rings (SSSR count). The van der Waals surface area contributed by atoms with E-state index in [-0.39, 0.29) is 6.42 Å². The fraction of sp³-hybridized carbons (Fsp3) is 0.533. The summed E-state index contributed by atoms with van der Waals surface area (Å²) in [5, 5.41) is 8.67. The van der Waals surface area contributed by atoms with E-state index in [0.717, 1.165) is 26.1 Å². The highest BCUT2D eigenvalue weighted by molar-refractivity contribution is 5.66. The quantitative estimate of drug-likeness (QED) is 0.703. The number of benzene rings is 1. The summed E-state index contributed by atoms with van der Waals surface area (Å²) >= 11 is 0. The number of carboxylic acid groups (broad SMARTS) is 1. The molecule has 1 aromatic rings. The van der Waals surface area contributed by atoms with Crippen molar-refractivity contribution >= 4 is 5.97 Å². The maximum atomic E-state index is 10.5. The molecule has 4 heteroatoms. The number of rotatable bonds is 10. The summed E-state index contributed by atoms with van der Waals surface area (Å²) in [6, 6.07) is 10.3. The number of aliphatic carboxylic acids is 1. The Kier molecular flexibility index (Phi) is 7.86. The van der Waals surface area contributed by atoms with Gasteiger partial charge in [-0.05, 0) is 24.9 Å². The minimum absolute atomic E-state index is 0.231. The van der Waals surface area contributed by atoms with Crippen LogP contribution in [0.2, 0.25) is 0 Å². The van der Waals surface area contributed by atoms with Crippen molar-refractivity contribution in [1.29, 1.82) is 0 Å². The predicted molar refractivity (Wildman–Crippen MR) is 75.3 cm³/mol. The zero-order valence-electron chi connectivity index (χ0n) is 11.5. The third kappa shape index (κ3) is 7.59. The van der Waals surface area contributed by atoms with Crippen LogP contribution in [0.25, 0.3) is 0 Å². The van der Waals surface area contributed by atoms with Crippen LogP contribution in [-0.4, -0.2) is 49.3 Å². The van der Waals surface area contributed by atoms with Gasteiger partial charge in [0, 0.05) is 26.6 Å². The van der Waals surface area contributed by atoms with Crippen LogP contribution >= 0.6 is 0 Å². The summed E-state index contributed by atoms with van der Waals surface area (Å²) in [6.07, 6.45) is 1.90. The topological polar surface area (TPSA) is 49.8 Å². The minimum atomic E-state index is -0.727. The number of hydrogen-bond donors (Lipinski definition) is 1. The van der Waals surface area contributed by atoms with Gasteiger partial charge in [-0.25, -0.2) is 0 Å². The number of methoxy groups -OCH3 is 1. The van der Waals surface area contributed by atoms with E-state index in [4.69, 9.17) is 9.84 Å². The molecule has 4 nitrogen and oxygen atoms in total. The number of ether oxygens (including phenoxy) is 1. The van der Waals surface area contributed by atoms with Crippen LogP contribution in [0, 0.1) is 0 Å². The highest BCUT2D eigenvalue weighted by atomic mass is 16.5. The molecule has 0 amide bonds. The molecule has 0 aliphatic heterocycles. The zero-order valence-corrected chi connectivity index (χ0v) is 11.5. The number of nitrogens with zero attached hydrogens (tertiary/aromatic N) is 1. The summed E-state index contributed by atoms with van der Waals surface area (Å²) < 4.78 is 5.09. The molecule has 0 atom stereocenters. The van der Waals surface area contributed by atoms with Crippen molar-refractivity contribution in [3.63, 3.8) is 0 Å². The Bertz CT molecular complexity index is 354. The smallest absolute Gasteiger partial charge is 0.303 e. The molecule has 0 aliphatic rings. The Labute approximate surface area is 115 Å². The van der Waals surface area contributed by atoms with Crippen LogP contribution in [0.5, 0.6) is 0 Å². The van der Waals surface area contributed by atoms with Gasteiger partial charge in [-0.3, -0.25) is 4.79 Å². The molecule has 0 aromatic heterocycles. The van der Waals surface area contributed by atoms with Crippen molar-refractivity contribution in [3.8, 4) is 0 Å². The minimum Gasteiger partial charge on any atom is -0.481 e. The highest BCUT2D eigenvalue weighted by Gasteiger charge is 2.06. The van der Waals surface area contributed by atoms with E-state index in [1.165, 1.54) is 5.56 Å². The summed E-state index contributed by atoms with van der Waals surface area (Å²) in [5.74, 6) is -0.727. The molecule has 0 saturated heterocycles. The fourth-order valence-corrected chi connectivity index (χ4v) is 1.94. The molecule has 0 bridgehead atoms. The van der Waals surface area contributed by atoms with Crippen molar-refractivity contribution in [2.45, 2.75) is 19.3 Å². The van der Waals surface area contributed by atoms with Crippen molar-refractivity contribution in [2.24, 2.45) is 0 Å². The lowest BCUT2D eigenvalue weighted by Gasteiger charge is -2.21. The molecule has 1 aromatic carbocycles. The molecular weight excluding hydrogens is 242 g/mol. The van der Waals surface area contributed by atoms with Gasteiger partial charge in [0.2, 0.25) is 0 Å². The second-order valence-electron chi connectivity index (χ2n) is 4.57. The Balaban J connectivity index is 2.33. The van der Waals surface area contributed by atoms with E-state index in [1.54, 1.807) is 7.11 Å². The van der Waals surface area contributed by atoms with Crippen LogP contribution in [0.1, 0.15) is 18.4 Å². The SMILES string of the molecule is COCCN(CCCC(=O)O)CCc1ccccc1. The lowest BCUT2D eigenvalue weighted by atomic mass is 10.1. The van der Waals surface area contributed by atoms with E-state index in [1.807, 2.05) is 18.2 Å². The summed E-state index contributed by atoms with van der Waals surface area (Å²) in [5.41, 5.74) is 1.31. The maximum absolute atomic E-state index is 10.5. The molecule has 0 aliphatic carbocycles. The predicted octanol–water partition coefficient (Wildman–Crippen LogP) is 2.04.